The number of halogens is 1. The van der Waals surface area contributed by atoms with Gasteiger partial charge in [-0.1, -0.05) is 48.0 Å². The highest BCUT2D eigenvalue weighted by Gasteiger charge is 2.46. The molecule has 1 aliphatic carbocycles. The lowest BCUT2D eigenvalue weighted by atomic mass is 9.81. The minimum atomic E-state index is -4.61. The molecule has 0 atom stereocenters. The molecule has 390 valence electrons. The van der Waals surface area contributed by atoms with Crippen LogP contribution < -0.4 is 20.3 Å². The average molecular weight is 1140 g/mol. The molecule has 2 amide bonds. The van der Waals surface area contributed by atoms with E-state index in [1.165, 1.54) is 36.4 Å². The van der Waals surface area contributed by atoms with Gasteiger partial charge in [-0.3, -0.25) is 27.8 Å². The Balaban J connectivity index is 1.41. The number of nitrogens with one attached hydrogen (secondary N) is 2. The number of aryl methyl sites for hydroxylation is 1. The largest absolute Gasteiger partial charge is 0.457 e. The fraction of sp³-hybridized carbons (Fsp3) is 0.396. The van der Waals surface area contributed by atoms with E-state index in [0.717, 1.165) is 5.56 Å². The van der Waals surface area contributed by atoms with Gasteiger partial charge >= 0.3 is 0 Å². The Morgan fingerprint density at radius 1 is 0.750 bits per heavy atom. The molecule has 3 aliphatic rings. The molecule has 19 nitrogen and oxygen atoms in total. The molecule has 0 saturated heterocycles. The van der Waals surface area contributed by atoms with E-state index in [1.807, 2.05) is 52.0 Å². The van der Waals surface area contributed by atoms with Crippen molar-refractivity contribution < 1.29 is 70.8 Å². The number of hydrogen-bond donors (Lipinski definition) is 6. The molecule has 0 radical (unpaired) electrons. The zero-order valence-electron chi connectivity index (χ0n) is 40.0. The van der Waals surface area contributed by atoms with Gasteiger partial charge in [0.15, 0.2) is 12.3 Å². The summed E-state index contributed by atoms with van der Waals surface area (Å²) in [5.74, 6) is -0.734. The van der Waals surface area contributed by atoms with Crippen LogP contribution in [0.15, 0.2) is 117 Å². The monoisotopic (exact) mass is 1140 g/mol. The van der Waals surface area contributed by atoms with Crippen LogP contribution in [0.25, 0.3) is 0 Å². The maximum Gasteiger partial charge on any atom is 0.294 e. The molecule has 3 aromatic carbocycles. The molecule has 2 heterocycles. The number of nitrogens with zero attached hydrogens (tertiary/aromatic N) is 2. The standard InChI is InChI=1S/C48H57BrN4O15S4/c1-47(2)38-29-36(71(62,63)64)16-18-40(38)52(25-27-69(56,57)58)42(47)20-12-33-7-5-8-34(46(33)68-35-14-9-32(10-15-35)11-22-44(54)50-23-6-24-51-45(55)31-49)13-21-43-48(3,4)39-30-37(72(65,66)67)17-19-41(39)53(43)26-28-70(59,60)61/h9-10,12-21,29-30H,5-8,11,22-28,31H2,1-4H3,(H5-,50,51,54,55,56,57,58,59,60,61,62,63,64,65,66,67)/p+1. The van der Waals surface area contributed by atoms with Crippen LogP contribution in [0.2, 0.25) is 0 Å². The van der Waals surface area contributed by atoms with E-state index in [1.54, 1.807) is 33.8 Å². The Bertz CT molecular complexity index is 3250. The lowest BCUT2D eigenvalue weighted by Crippen LogP contribution is -2.30. The summed E-state index contributed by atoms with van der Waals surface area (Å²) in [6.07, 6.45) is 9.98. The third-order valence-electron chi connectivity index (χ3n) is 12.7. The van der Waals surface area contributed by atoms with Gasteiger partial charge in [0.25, 0.3) is 40.5 Å². The van der Waals surface area contributed by atoms with Crippen LogP contribution in [0.4, 0.5) is 11.4 Å². The molecule has 3 aromatic rings. The predicted octanol–water partition coefficient (Wildman–Crippen LogP) is 5.96. The Kier molecular flexibility index (Phi) is 17.3. The first-order valence-electron chi connectivity index (χ1n) is 22.8. The summed E-state index contributed by atoms with van der Waals surface area (Å²) in [4.78, 5) is 25.0. The van der Waals surface area contributed by atoms with Gasteiger partial charge < -0.3 is 20.3 Å². The minimum Gasteiger partial charge on any atom is -0.457 e. The van der Waals surface area contributed by atoms with Crippen LogP contribution in [-0.2, 0) is 67.3 Å². The van der Waals surface area contributed by atoms with Crippen LogP contribution in [0.5, 0.6) is 5.75 Å². The SMILES string of the molecule is CC1(C)C(/C=C/C2=C(Oc3ccc(CCC(=O)NCCCNC(=O)CBr)cc3)C(=C/C=C3/N(CCS(=O)(=O)O)c4ccc(S(=O)(=O)O)cc4C3(C)C)/CCC2)=[N+](CCS(=O)(=O)O)c2ccc(S(=O)(=O)O)cc21. The second-order valence-corrected chi connectivity index (χ2v) is 25.1. The van der Waals surface area contributed by atoms with Crippen molar-refractivity contribution in [3.63, 3.8) is 0 Å². The lowest BCUT2D eigenvalue weighted by molar-refractivity contribution is -0.432. The van der Waals surface area contributed by atoms with Crippen molar-refractivity contribution in [2.24, 2.45) is 0 Å². The van der Waals surface area contributed by atoms with E-state index in [-0.39, 0.29) is 46.4 Å². The third-order valence-corrected chi connectivity index (χ3v) is 16.3. The van der Waals surface area contributed by atoms with Gasteiger partial charge in [0.2, 0.25) is 17.5 Å². The Hall–Kier alpha value is -5.05. The van der Waals surface area contributed by atoms with E-state index in [9.17, 15) is 61.5 Å². The van der Waals surface area contributed by atoms with E-state index in [2.05, 4.69) is 26.6 Å². The number of rotatable bonds is 21. The quantitative estimate of drug-likeness (QED) is 0.0310. The molecule has 0 bridgehead atoms. The van der Waals surface area contributed by atoms with Crippen LogP contribution in [-0.4, -0.2) is 117 Å². The molecule has 6 N–H and O–H groups in total. The van der Waals surface area contributed by atoms with Crippen LogP contribution in [0, 0.1) is 0 Å². The first-order chi connectivity index (χ1) is 33.5. The van der Waals surface area contributed by atoms with Crippen LogP contribution in [0.1, 0.15) is 76.5 Å². The predicted molar refractivity (Wildman–Crippen MR) is 275 cm³/mol. The Morgan fingerprint density at radius 3 is 1.97 bits per heavy atom. The van der Waals surface area contributed by atoms with E-state index in [4.69, 9.17) is 4.74 Å². The fourth-order valence-electron chi connectivity index (χ4n) is 9.02. The molecule has 6 rings (SSSR count). The molecule has 0 aromatic heterocycles. The number of ether oxygens (including phenoxy) is 1. The first-order valence-corrected chi connectivity index (χ1v) is 30.0. The zero-order valence-corrected chi connectivity index (χ0v) is 44.8. The van der Waals surface area contributed by atoms with Crippen molar-refractivity contribution in [2.75, 3.05) is 47.9 Å². The van der Waals surface area contributed by atoms with E-state index < -0.39 is 62.8 Å². The number of carbonyl (C=O) groups excluding carboxylic acids is 2. The van der Waals surface area contributed by atoms with Crippen molar-refractivity contribution in [2.45, 2.75) is 86.8 Å². The number of fused-ring (bicyclic) bond motifs is 2. The number of anilines is 1. The summed E-state index contributed by atoms with van der Waals surface area (Å²) in [7, 11) is -18.1. The highest BCUT2D eigenvalue weighted by molar-refractivity contribution is 9.09. The van der Waals surface area contributed by atoms with Gasteiger partial charge in [0, 0.05) is 60.6 Å². The highest BCUT2D eigenvalue weighted by Crippen LogP contribution is 2.49. The summed E-state index contributed by atoms with van der Waals surface area (Å²) < 4.78 is 145. The third kappa shape index (κ3) is 14.0. The first kappa shape index (κ1) is 56.2. The minimum absolute atomic E-state index is 0.142. The second-order valence-electron chi connectivity index (χ2n) is 18.5. The fourth-order valence-corrected chi connectivity index (χ4v) is 11.1. The van der Waals surface area contributed by atoms with Crippen molar-refractivity contribution in [1.29, 1.82) is 0 Å². The molecule has 0 spiro atoms. The summed E-state index contributed by atoms with van der Waals surface area (Å²) in [6, 6.07) is 15.2. The molecular weight excluding hydrogens is 1080 g/mol. The number of benzene rings is 3. The Labute approximate surface area is 429 Å². The molecule has 72 heavy (non-hydrogen) atoms. The highest BCUT2D eigenvalue weighted by atomic mass is 79.9. The van der Waals surface area contributed by atoms with Gasteiger partial charge in [0.05, 0.1) is 26.3 Å². The zero-order chi connectivity index (χ0) is 53.0. The van der Waals surface area contributed by atoms with E-state index >= 15 is 0 Å². The summed E-state index contributed by atoms with van der Waals surface area (Å²) in [5.41, 5.74) is 3.28. The van der Waals surface area contributed by atoms with Crippen LogP contribution in [0.3, 0.4) is 0 Å². The molecule has 2 aliphatic heterocycles. The average Bonchev–Trinajstić information content (AvgIpc) is 3.64. The number of alkyl halides is 1. The summed E-state index contributed by atoms with van der Waals surface area (Å²) in [6.45, 7) is 7.66. The molecule has 24 heteroatoms. The lowest BCUT2D eigenvalue weighted by Gasteiger charge is -2.27. The van der Waals surface area contributed by atoms with Gasteiger partial charge in [-0.05, 0) is 123 Å². The van der Waals surface area contributed by atoms with Crippen molar-refractivity contribution >= 4 is 85.3 Å². The van der Waals surface area contributed by atoms with Crippen molar-refractivity contribution in [3.8, 4) is 5.75 Å². The van der Waals surface area contributed by atoms with Crippen molar-refractivity contribution in [1.82, 2.24) is 10.6 Å². The summed E-state index contributed by atoms with van der Waals surface area (Å²) >= 11 is 3.09. The normalized spacial score (nSPS) is 18.0. The van der Waals surface area contributed by atoms with Gasteiger partial charge in [-0.2, -0.15) is 38.2 Å². The van der Waals surface area contributed by atoms with E-state index in [0.29, 0.717) is 102 Å². The topological polar surface area (TPSA) is 291 Å². The Morgan fingerprint density at radius 2 is 1.36 bits per heavy atom. The number of allylic oxidation sites excluding steroid dienone is 7. The molecular formula is C48H58BrN4O15S4+. The summed E-state index contributed by atoms with van der Waals surface area (Å²) in [5, 5.41) is 5.77. The van der Waals surface area contributed by atoms with Crippen molar-refractivity contribution in [3.05, 3.63) is 124 Å². The van der Waals surface area contributed by atoms with Gasteiger partial charge in [-0.15, -0.1) is 0 Å². The smallest absolute Gasteiger partial charge is 0.294 e. The molecule has 0 fully saturated rings. The molecule has 0 unspecified atom stereocenters. The van der Waals surface area contributed by atoms with Gasteiger partial charge in [0.1, 0.15) is 17.3 Å². The number of hydrogen-bond acceptors (Lipinski definition) is 12. The maximum absolute atomic E-state index is 12.6. The second kappa shape index (κ2) is 22.2. The maximum atomic E-state index is 12.6. The number of amides is 2. The van der Waals surface area contributed by atoms with Crippen LogP contribution >= 0.6 is 15.9 Å². The van der Waals surface area contributed by atoms with Gasteiger partial charge in [-0.25, -0.2) is 0 Å². The number of carbonyl (C=O) groups is 2. The molecule has 0 saturated carbocycles.